The molecule has 0 saturated heterocycles. The van der Waals surface area contributed by atoms with Crippen LogP contribution in [-0.4, -0.2) is 37.5 Å². The highest BCUT2D eigenvalue weighted by Gasteiger charge is 2.27. The summed E-state index contributed by atoms with van der Waals surface area (Å²) in [6.45, 7) is 1.02. The molecule has 1 saturated carbocycles. The Labute approximate surface area is 122 Å². The van der Waals surface area contributed by atoms with Gasteiger partial charge in [-0.25, -0.2) is 0 Å². The van der Waals surface area contributed by atoms with Gasteiger partial charge >= 0.3 is 0 Å². The van der Waals surface area contributed by atoms with Crippen LogP contribution in [0, 0.1) is 5.92 Å². The second-order valence-corrected chi connectivity index (χ2v) is 6.27. The largest absolute Gasteiger partial charge is 0.444 e. The molecular weight excluding hydrogens is 308 g/mol. The maximum absolute atomic E-state index is 12.1. The lowest BCUT2D eigenvalue weighted by Gasteiger charge is -2.33. The second-order valence-electron chi connectivity index (χ2n) is 5.49. The van der Waals surface area contributed by atoms with Crippen molar-refractivity contribution in [2.24, 2.45) is 5.92 Å². The van der Waals surface area contributed by atoms with Gasteiger partial charge in [-0.2, -0.15) is 0 Å². The SMILES string of the molecule is CN(C)CC1CCCCC1NC(=O)c1ccc(Br)o1. The molecule has 1 fully saturated rings. The van der Waals surface area contributed by atoms with Gasteiger partial charge in [0.2, 0.25) is 0 Å². The highest BCUT2D eigenvalue weighted by atomic mass is 79.9. The van der Waals surface area contributed by atoms with Gasteiger partial charge in [-0.1, -0.05) is 12.8 Å². The van der Waals surface area contributed by atoms with Gasteiger partial charge in [-0.15, -0.1) is 0 Å². The Morgan fingerprint density at radius 1 is 1.42 bits per heavy atom. The van der Waals surface area contributed by atoms with Crippen molar-refractivity contribution in [3.05, 3.63) is 22.6 Å². The first-order chi connectivity index (χ1) is 9.06. The van der Waals surface area contributed by atoms with Crippen molar-refractivity contribution in [3.8, 4) is 0 Å². The third-order valence-corrected chi connectivity index (χ3v) is 4.05. The highest BCUT2D eigenvalue weighted by Crippen LogP contribution is 2.25. The number of amides is 1. The number of nitrogens with zero attached hydrogens (tertiary/aromatic N) is 1. The highest BCUT2D eigenvalue weighted by molar-refractivity contribution is 9.10. The van der Waals surface area contributed by atoms with Crippen LogP contribution in [0.1, 0.15) is 36.2 Å². The summed E-state index contributed by atoms with van der Waals surface area (Å²) in [6.07, 6.45) is 4.70. The van der Waals surface area contributed by atoms with Crippen LogP contribution in [0.3, 0.4) is 0 Å². The molecule has 0 aliphatic heterocycles. The summed E-state index contributed by atoms with van der Waals surface area (Å²) in [7, 11) is 4.16. The molecule has 2 rings (SSSR count). The molecule has 1 aliphatic carbocycles. The molecule has 0 bridgehead atoms. The van der Waals surface area contributed by atoms with Crippen LogP contribution in [-0.2, 0) is 0 Å². The number of hydrogen-bond donors (Lipinski definition) is 1. The Morgan fingerprint density at radius 3 is 2.79 bits per heavy atom. The normalized spacial score (nSPS) is 23.6. The Bertz CT molecular complexity index is 431. The van der Waals surface area contributed by atoms with E-state index in [9.17, 15) is 4.79 Å². The molecule has 106 valence electrons. The summed E-state index contributed by atoms with van der Waals surface area (Å²) in [5.74, 6) is 0.800. The van der Waals surface area contributed by atoms with Crippen LogP contribution < -0.4 is 5.32 Å². The standard InChI is InChI=1S/C14H21BrN2O2/c1-17(2)9-10-5-3-4-6-11(10)16-14(18)12-7-8-13(15)19-12/h7-8,10-11H,3-6,9H2,1-2H3,(H,16,18). The zero-order chi connectivity index (χ0) is 13.8. The van der Waals surface area contributed by atoms with Gasteiger partial charge in [-0.3, -0.25) is 4.79 Å². The molecule has 1 aromatic heterocycles. The molecule has 19 heavy (non-hydrogen) atoms. The number of carbonyl (C=O) groups excluding carboxylic acids is 1. The first-order valence-corrected chi connectivity index (χ1v) is 7.56. The summed E-state index contributed by atoms with van der Waals surface area (Å²) in [4.78, 5) is 14.3. The van der Waals surface area contributed by atoms with Crippen LogP contribution in [0.15, 0.2) is 21.2 Å². The number of carbonyl (C=O) groups is 1. The molecule has 4 nitrogen and oxygen atoms in total. The monoisotopic (exact) mass is 328 g/mol. The van der Waals surface area contributed by atoms with E-state index in [4.69, 9.17) is 4.42 Å². The summed E-state index contributed by atoms with van der Waals surface area (Å²) in [5.41, 5.74) is 0. The van der Waals surface area contributed by atoms with E-state index in [-0.39, 0.29) is 11.9 Å². The lowest BCUT2D eigenvalue weighted by Crippen LogP contribution is -2.45. The Kier molecular flexibility index (Phi) is 5.05. The van der Waals surface area contributed by atoms with Crippen LogP contribution in [0.4, 0.5) is 0 Å². The minimum atomic E-state index is -0.110. The van der Waals surface area contributed by atoms with Crippen molar-refractivity contribution in [2.45, 2.75) is 31.7 Å². The minimum absolute atomic E-state index is 0.110. The number of rotatable bonds is 4. The number of furan rings is 1. The van der Waals surface area contributed by atoms with E-state index in [2.05, 4.69) is 40.2 Å². The molecule has 1 aliphatic rings. The van der Waals surface area contributed by atoms with Gasteiger partial charge in [0.1, 0.15) is 0 Å². The number of nitrogens with one attached hydrogen (secondary N) is 1. The summed E-state index contributed by atoms with van der Waals surface area (Å²) < 4.78 is 5.89. The first-order valence-electron chi connectivity index (χ1n) is 6.77. The fourth-order valence-electron chi connectivity index (χ4n) is 2.76. The van der Waals surface area contributed by atoms with E-state index in [0.717, 1.165) is 13.0 Å². The molecule has 1 amide bonds. The molecule has 0 spiro atoms. The fraction of sp³-hybridized carbons (Fsp3) is 0.643. The molecule has 0 radical (unpaired) electrons. The number of hydrogen-bond acceptors (Lipinski definition) is 3. The van der Waals surface area contributed by atoms with Crippen molar-refractivity contribution in [1.29, 1.82) is 0 Å². The lowest BCUT2D eigenvalue weighted by molar-refractivity contribution is 0.0866. The van der Waals surface area contributed by atoms with Gasteiger partial charge in [0, 0.05) is 12.6 Å². The smallest absolute Gasteiger partial charge is 0.287 e. The molecule has 1 N–H and O–H groups in total. The molecule has 2 atom stereocenters. The van der Waals surface area contributed by atoms with Crippen LogP contribution in [0.25, 0.3) is 0 Å². The van der Waals surface area contributed by atoms with Crippen LogP contribution >= 0.6 is 15.9 Å². The van der Waals surface area contributed by atoms with Crippen LogP contribution in [0.5, 0.6) is 0 Å². The molecular formula is C14H21BrN2O2. The van der Waals surface area contributed by atoms with Gasteiger partial charge in [0.05, 0.1) is 0 Å². The van der Waals surface area contributed by atoms with Crippen molar-refractivity contribution in [2.75, 3.05) is 20.6 Å². The Morgan fingerprint density at radius 2 is 2.16 bits per heavy atom. The summed E-state index contributed by atoms with van der Waals surface area (Å²) in [5, 5.41) is 3.12. The van der Waals surface area contributed by atoms with Crippen LogP contribution in [0.2, 0.25) is 0 Å². The molecule has 2 unspecified atom stereocenters. The van der Waals surface area contributed by atoms with Crippen molar-refractivity contribution >= 4 is 21.8 Å². The average Bonchev–Trinajstić information content (AvgIpc) is 2.78. The molecule has 5 heteroatoms. The van der Waals surface area contributed by atoms with Gasteiger partial charge in [-0.05, 0) is 60.9 Å². The van der Waals surface area contributed by atoms with Crippen molar-refractivity contribution in [3.63, 3.8) is 0 Å². The van der Waals surface area contributed by atoms with E-state index >= 15 is 0 Å². The summed E-state index contributed by atoms with van der Waals surface area (Å²) >= 11 is 3.22. The lowest BCUT2D eigenvalue weighted by atomic mass is 9.84. The molecule has 1 heterocycles. The van der Waals surface area contributed by atoms with E-state index in [1.807, 2.05) is 0 Å². The van der Waals surface area contributed by atoms with Gasteiger partial charge < -0.3 is 14.6 Å². The van der Waals surface area contributed by atoms with E-state index in [0.29, 0.717) is 16.3 Å². The number of halogens is 1. The van der Waals surface area contributed by atoms with Crippen molar-refractivity contribution < 1.29 is 9.21 Å². The van der Waals surface area contributed by atoms with Crippen molar-refractivity contribution in [1.82, 2.24) is 10.2 Å². The Hall–Kier alpha value is -0.810. The maximum atomic E-state index is 12.1. The Balaban J connectivity index is 1.97. The molecule has 1 aromatic rings. The second kappa shape index (κ2) is 6.57. The predicted molar refractivity (Wildman–Crippen MR) is 78.2 cm³/mol. The van der Waals surface area contributed by atoms with Gasteiger partial charge in [0.25, 0.3) is 5.91 Å². The molecule has 0 aromatic carbocycles. The van der Waals surface area contributed by atoms with E-state index < -0.39 is 0 Å². The third kappa shape index (κ3) is 4.08. The minimum Gasteiger partial charge on any atom is -0.444 e. The fourth-order valence-corrected chi connectivity index (χ4v) is 3.07. The third-order valence-electron chi connectivity index (χ3n) is 3.62. The van der Waals surface area contributed by atoms with E-state index in [1.165, 1.54) is 19.3 Å². The van der Waals surface area contributed by atoms with E-state index in [1.54, 1.807) is 12.1 Å². The first kappa shape index (κ1) is 14.6. The quantitative estimate of drug-likeness (QED) is 0.924. The zero-order valence-electron chi connectivity index (χ0n) is 11.5. The topological polar surface area (TPSA) is 45.5 Å². The maximum Gasteiger partial charge on any atom is 0.287 e. The average molecular weight is 329 g/mol. The zero-order valence-corrected chi connectivity index (χ0v) is 13.1. The summed E-state index contributed by atoms with van der Waals surface area (Å²) in [6, 6.07) is 3.70. The van der Waals surface area contributed by atoms with Gasteiger partial charge in [0.15, 0.2) is 10.4 Å². The predicted octanol–water partition coefficient (Wildman–Crippen LogP) is 2.89.